The van der Waals surface area contributed by atoms with Crippen LogP contribution in [0.4, 0.5) is 4.79 Å². The summed E-state index contributed by atoms with van der Waals surface area (Å²) in [5.41, 5.74) is 0.391. The van der Waals surface area contributed by atoms with Gasteiger partial charge in [-0.3, -0.25) is 15.0 Å². The van der Waals surface area contributed by atoms with Crippen LogP contribution in [0.2, 0.25) is 0 Å². The summed E-state index contributed by atoms with van der Waals surface area (Å²) in [6, 6.07) is 7.78. The molecular formula is C19H27N3O3. The Balaban J connectivity index is 1.66. The Morgan fingerprint density at radius 1 is 1.36 bits per heavy atom. The average Bonchev–Trinajstić information content (AvgIpc) is 2.81. The fourth-order valence-corrected chi connectivity index (χ4v) is 3.76. The Kier molecular flexibility index (Phi) is 4.99. The van der Waals surface area contributed by atoms with Gasteiger partial charge in [-0.05, 0) is 57.9 Å². The number of benzene rings is 1. The van der Waals surface area contributed by atoms with Crippen molar-refractivity contribution < 1.29 is 14.3 Å². The minimum absolute atomic E-state index is 0.114. The molecule has 2 N–H and O–H groups in total. The summed E-state index contributed by atoms with van der Waals surface area (Å²) >= 11 is 0. The molecule has 3 amide bonds. The summed E-state index contributed by atoms with van der Waals surface area (Å²) in [7, 11) is 0. The standard InChI is InChI=1S/C19H27N3O3/c1-13(2)25-16-8-4-6-14(10-16)11-22-9-5-7-15(12-22)19(3)17(23)20-18(24)21-19/h4,6,8,10,13,15H,5,7,9,11-12H2,1-3H3,(H2,20,21,23,24)/t15-,19+/m0/s1. The van der Waals surface area contributed by atoms with Gasteiger partial charge in [0.15, 0.2) is 0 Å². The van der Waals surface area contributed by atoms with Crippen LogP contribution in [0.25, 0.3) is 0 Å². The first-order chi connectivity index (χ1) is 11.9. The van der Waals surface area contributed by atoms with E-state index < -0.39 is 5.54 Å². The van der Waals surface area contributed by atoms with Crippen LogP contribution in [0, 0.1) is 5.92 Å². The molecule has 2 heterocycles. The van der Waals surface area contributed by atoms with Crippen LogP contribution < -0.4 is 15.4 Å². The zero-order valence-electron chi connectivity index (χ0n) is 15.2. The van der Waals surface area contributed by atoms with Crippen molar-refractivity contribution >= 4 is 11.9 Å². The molecular weight excluding hydrogens is 318 g/mol. The number of carbonyl (C=O) groups is 2. The van der Waals surface area contributed by atoms with Crippen molar-refractivity contribution in [1.82, 2.24) is 15.5 Å². The maximum atomic E-state index is 12.2. The van der Waals surface area contributed by atoms with E-state index in [1.165, 1.54) is 5.56 Å². The van der Waals surface area contributed by atoms with E-state index in [2.05, 4.69) is 27.7 Å². The highest BCUT2D eigenvalue weighted by atomic mass is 16.5. The Morgan fingerprint density at radius 3 is 2.84 bits per heavy atom. The highest BCUT2D eigenvalue weighted by molar-refractivity contribution is 6.06. The number of likely N-dealkylation sites (tertiary alicyclic amines) is 1. The first kappa shape index (κ1) is 17.7. The molecule has 0 aromatic heterocycles. The van der Waals surface area contributed by atoms with Crippen LogP contribution >= 0.6 is 0 Å². The van der Waals surface area contributed by atoms with Crippen LogP contribution in [-0.2, 0) is 11.3 Å². The highest BCUT2D eigenvalue weighted by Crippen LogP contribution is 2.30. The van der Waals surface area contributed by atoms with Gasteiger partial charge in [0.25, 0.3) is 5.91 Å². The van der Waals surface area contributed by atoms with Crippen molar-refractivity contribution in [3.8, 4) is 5.75 Å². The maximum Gasteiger partial charge on any atom is 0.322 e. The largest absolute Gasteiger partial charge is 0.491 e. The zero-order valence-corrected chi connectivity index (χ0v) is 15.2. The number of carbonyl (C=O) groups excluding carboxylic acids is 2. The lowest BCUT2D eigenvalue weighted by atomic mass is 9.80. The Morgan fingerprint density at radius 2 is 2.16 bits per heavy atom. The van der Waals surface area contributed by atoms with Gasteiger partial charge in [0.05, 0.1) is 6.10 Å². The molecule has 0 spiro atoms. The third kappa shape index (κ3) is 3.95. The van der Waals surface area contributed by atoms with E-state index >= 15 is 0 Å². The molecule has 0 unspecified atom stereocenters. The number of piperidine rings is 1. The van der Waals surface area contributed by atoms with E-state index in [1.54, 1.807) is 0 Å². The van der Waals surface area contributed by atoms with E-state index in [4.69, 9.17) is 4.74 Å². The Bertz CT molecular complexity index is 661. The lowest BCUT2D eigenvalue weighted by Gasteiger charge is -2.39. The molecule has 6 heteroatoms. The first-order valence-electron chi connectivity index (χ1n) is 8.98. The second-order valence-electron chi connectivity index (χ2n) is 7.50. The third-order valence-corrected chi connectivity index (χ3v) is 5.07. The number of ether oxygens (including phenoxy) is 1. The summed E-state index contributed by atoms with van der Waals surface area (Å²) in [6.07, 6.45) is 2.11. The van der Waals surface area contributed by atoms with Gasteiger partial charge in [-0.25, -0.2) is 4.79 Å². The molecule has 1 aromatic carbocycles. The smallest absolute Gasteiger partial charge is 0.322 e. The van der Waals surface area contributed by atoms with E-state index in [-0.39, 0.29) is 24.0 Å². The molecule has 0 aliphatic carbocycles. The highest BCUT2D eigenvalue weighted by Gasteiger charge is 2.48. The molecule has 2 saturated heterocycles. The molecule has 0 saturated carbocycles. The van der Waals surface area contributed by atoms with Crippen LogP contribution in [0.5, 0.6) is 5.75 Å². The zero-order chi connectivity index (χ0) is 18.0. The normalized spacial score (nSPS) is 27.3. The quantitative estimate of drug-likeness (QED) is 0.803. The van der Waals surface area contributed by atoms with Crippen LogP contribution in [0.15, 0.2) is 24.3 Å². The van der Waals surface area contributed by atoms with Crippen LogP contribution in [0.3, 0.4) is 0 Å². The summed E-state index contributed by atoms with van der Waals surface area (Å²) < 4.78 is 5.77. The Labute approximate surface area is 148 Å². The van der Waals surface area contributed by atoms with Crippen molar-refractivity contribution in [2.45, 2.75) is 51.8 Å². The fraction of sp³-hybridized carbons (Fsp3) is 0.579. The molecule has 2 aliphatic heterocycles. The number of imide groups is 1. The van der Waals surface area contributed by atoms with E-state index in [0.717, 1.165) is 38.2 Å². The van der Waals surface area contributed by atoms with Gasteiger partial charge in [-0.1, -0.05) is 12.1 Å². The minimum atomic E-state index is -0.807. The second kappa shape index (κ2) is 7.04. The number of amides is 3. The van der Waals surface area contributed by atoms with Gasteiger partial charge in [-0.2, -0.15) is 0 Å². The fourth-order valence-electron chi connectivity index (χ4n) is 3.76. The monoisotopic (exact) mass is 345 g/mol. The number of hydrogen-bond acceptors (Lipinski definition) is 4. The van der Waals surface area contributed by atoms with E-state index in [9.17, 15) is 9.59 Å². The minimum Gasteiger partial charge on any atom is -0.491 e. The molecule has 0 bridgehead atoms. The average molecular weight is 345 g/mol. The summed E-state index contributed by atoms with van der Waals surface area (Å²) in [6.45, 7) is 8.47. The maximum absolute atomic E-state index is 12.2. The van der Waals surface area contributed by atoms with Crippen LogP contribution in [0.1, 0.15) is 39.2 Å². The van der Waals surface area contributed by atoms with Crippen molar-refractivity contribution in [3.05, 3.63) is 29.8 Å². The van der Waals surface area contributed by atoms with Crippen molar-refractivity contribution in [3.63, 3.8) is 0 Å². The number of nitrogens with one attached hydrogen (secondary N) is 2. The van der Waals surface area contributed by atoms with Crippen molar-refractivity contribution in [1.29, 1.82) is 0 Å². The van der Waals surface area contributed by atoms with Gasteiger partial charge in [0, 0.05) is 19.0 Å². The van der Waals surface area contributed by atoms with Gasteiger partial charge in [-0.15, -0.1) is 0 Å². The van der Waals surface area contributed by atoms with Gasteiger partial charge in [0.1, 0.15) is 11.3 Å². The van der Waals surface area contributed by atoms with Crippen LogP contribution in [-0.4, -0.2) is 41.6 Å². The van der Waals surface area contributed by atoms with Crippen molar-refractivity contribution in [2.24, 2.45) is 5.92 Å². The van der Waals surface area contributed by atoms with E-state index in [0.29, 0.717) is 0 Å². The molecule has 0 radical (unpaired) electrons. The lowest BCUT2D eigenvalue weighted by molar-refractivity contribution is -0.126. The number of rotatable bonds is 5. The number of hydrogen-bond donors (Lipinski definition) is 2. The topological polar surface area (TPSA) is 70.7 Å². The lowest BCUT2D eigenvalue weighted by Crippen LogP contribution is -2.55. The molecule has 3 rings (SSSR count). The van der Waals surface area contributed by atoms with Crippen molar-refractivity contribution in [2.75, 3.05) is 13.1 Å². The molecule has 2 fully saturated rings. The predicted octanol–water partition coefficient (Wildman–Crippen LogP) is 2.28. The molecule has 6 nitrogen and oxygen atoms in total. The van der Waals surface area contributed by atoms with Gasteiger partial charge in [0.2, 0.25) is 0 Å². The van der Waals surface area contributed by atoms with E-state index in [1.807, 2.05) is 32.9 Å². The predicted molar refractivity (Wildman–Crippen MR) is 95.3 cm³/mol. The molecule has 2 aliphatic rings. The van der Waals surface area contributed by atoms with Gasteiger partial charge < -0.3 is 10.1 Å². The molecule has 136 valence electrons. The third-order valence-electron chi connectivity index (χ3n) is 5.07. The SMILES string of the molecule is CC(C)Oc1cccc(CN2CCC[C@H]([C@@]3(C)NC(=O)NC3=O)C2)c1. The molecule has 2 atom stereocenters. The van der Waals surface area contributed by atoms with Gasteiger partial charge >= 0.3 is 6.03 Å². The molecule has 25 heavy (non-hydrogen) atoms. The Hall–Kier alpha value is -2.08. The summed E-state index contributed by atoms with van der Waals surface area (Å²) in [4.78, 5) is 26.1. The summed E-state index contributed by atoms with van der Waals surface area (Å²) in [5.74, 6) is 0.787. The number of urea groups is 1. The molecule has 1 aromatic rings. The summed E-state index contributed by atoms with van der Waals surface area (Å²) in [5, 5.41) is 5.19. The second-order valence-corrected chi connectivity index (χ2v) is 7.50. The first-order valence-corrected chi connectivity index (χ1v) is 8.98. The number of nitrogens with zero attached hydrogens (tertiary/aromatic N) is 1.